The van der Waals surface area contributed by atoms with Gasteiger partial charge in [-0.2, -0.15) is 0 Å². The summed E-state index contributed by atoms with van der Waals surface area (Å²) in [5, 5.41) is 0. The van der Waals surface area contributed by atoms with Gasteiger partial charge in [0.2, 0.25) is 0 Å². The predicted molar refractivity (Wildman–Crippen MR) is 75.0 cm³/mol. The van der Waals surface area contributed by atoms with Gasteiger partial charge in [0, 0.05) is 36.7 Å². The normalized spacial score (nSPS) is 10.9. The Labute approximate surface area is 109 Å². The highest BCUT2D eigenvalue weighted by Crippen LogP contribution is 2.21. The van der Waals surface area contributed by atoms with E-state index in [4.69, 9.17) is 11.6 Å². The van der Waals surface area contributed by atoms with Crippen molar-refractivity contribution in [1.29, 1.82) is 0 Å². The quantitative estimate of drug-likeness (QED) is 0.729. The molecule has 0 aromatic carbocycles. The molecule has 1 aromatic rings. The van der Waals surface area contributed by atoms with E-state index in [1.165, 1.54) is 5.69 Å². The first kappa shape index (κ1) is 14.3. The Kier molecular flexibility index (Phi) is 5.72. The van der Waals surface area contributed by atoms with Crippen LogP contribution in [0.2, 0.25) is 0 Å². The van der Waals surface area contributed by atoms with Crippen LogP contribution in [-0.4, -0.2) is 44.1 Å². The molecule has 0 bridgehead atoms. The van der Waals surface area contributed by atoms with Crippen LogP contribution in [0.25, 0.3) is 0 Å². The number of hydrogen-bond donors (Lipinski definition) is 0. The Bertz CT molecular complexity index is 353. The summed E-state index contributed by atoms with van der Waals surface area (Å²) in [6, 6.07) is 2.10. The maximum Gasteiger partial charge on any atom is 0.0509 e. The summed E-state index contributed by atoms with van der Waals surface area (Å²) in [5.41, 5.74) is 3.34. The van der Waals surface area contributed by atoms with E-state index in [1.807, 2.05) is 13.1 Å². The molecule has 4 heteroatoms. The molecular formula is C13H22ClN3. The zero-order valence-corrected chi connectivity index (χ0v) is 12.0. The molecule has 0 aliphatic heterocycles. The summed E-state index contributed by atoms with van der Waals surface area (Å²) in [5.74, 6) is 0.515. The van der Waals surface area contributed by atoms with Crippen molar-refractivity contribution < 1.29 is 0 Å². The van der Waals surface area contributed by atoms with Crippen molar-refractivity contribution in [3.63, 3.8) is 0 Å². The maximum atomic E-state index is 5.94. The summed E-state index contributed by atoms with van der Waals surface area (Å²) < 4.78 is 0. The van der Waals surface area contributed by atoms with Crippen molar-refractivity contribution in [3.05, 3.63) is 23.5 Å². The van der Waals surface area contributed by atoms with E-state index < -0.39 is 0 Å². The molecule has 0 radical (unpaired) electrons. The number of alkyl halides is 1. The fraction of sp³-hybridized carbons (Fsp3) is 0.615. The molecule has 0 saturated heterocycles. The molecule has 0 unspecified atom stereocenters. The summed E-state index contributed by atoms with van der Waals surface area (Å²) >= 11 is 5.94. The topological polar surface area (TPSA) is 19.4 Å². The lowest BCUT2D eigenvalue weighted by atomic mass is 10.2. The minimum Gasteiger partial charge on any atom is -0.374 e. The molecule has 0 saturated carbocycles. The Morgan fingerprint density at radius 3 is 2.53 bits per heavy atom. The van der Waals surface area contributed by atoms with Gasteiger partial charge in [-0.25, -0.2) is 0 Å². The average Bonchev–Trinajstić information content (AvgIpc) is 2.28. The second kappa shape index (κ2) is 6.82. The van der Waals surface area contributed by atoms with Gasteiger partial charge in [0.05, 0.1) is 5.88 Å². The van der Waals surface area contributed by atoms with Gasteiger partial charge in [-0.3, -0.25) is 4.98 Å². The molecule has 1 rings (SSSR count). The SMILES string of the molecule is Cc1cc(N(C)CCCN(C)C)c(CCl)cn1. The monoisotopic (exact) mass is 255 g/mol. The van der Waals surface area contributed by atoms with Crippen LogP contribution in [-0.2, 0) is 5.88 Å². The van der Waals surface area contributed by atoms with Gasteiger partial charge in [0.15, 0.2) is 0 Å². The van der Waals surface area contributed by atoms with Crippen molar-refractivity contribution in [3.8, 4) is 0 Å². The standard InChI is InChI=1S/C13H22ClN3/c1-11-8-13(12(9-14)10-15-11)17(4)7-5-6-16(2)3/h8,10H,5-7,9H2,1-4H3. The molecule has 0 fully saturated rings. The fourth-order valence-corrected chi connectivity index (χ4v) is 1.98. The van der Waals surface area contributed by atoms with Gasteiger partial charge in [-0.15, -0.1) is 11.6 Å². The minimum atomic E-state index is 0.515. The lowest BCUT2D eigenvalue weighted by Gasteiger charge is -2.23. The van der Waals surface area contributed by atoms with Crippen molar-refractivity contribution in [1.82, 2.24) is 9.88 Å². The average molecular weight is 256 g/mol. The molecule has 1 heterocycles. The second-order valence-corrected chi connectivity index (χ2v) is 4.93. The van der Waals surface area contributed by atoms with E-state index in [-0.39, 0.29) is 0 Å². The van der Waals surface area contributed by atoms with Crippen LogP contribution >= 0.6 is 11.6 Å². The van der Waals surface area contributed by atoms with Crippen LogP contribution in [0, 0.1) is 6.92 Å². The summed E-state index contributed by atoms with van der Waals surface area (Å²) in [7, 11) is 6.31. The highest BCUT2D eigenvalue weighted by Gasteiger charge is 2.07. The lowest BCUT2D eigenvalue weighted by molar-refractivity contribution is 0.401. The van der Waals surface area contributed by atoms with Crippen molar-refractivity contribution >= 4 is 17.3 Å². The number of hydrogen-bond acceptors (Lipinski definition) is 3. The minimum absolute atomic E-state index is 0.515. The summed E-state index contributed by atoms with van der Waals surface area (Å²) in [6.45, 7) is 4.14. The Balaban J connectivity index is 2.66. The molecule has 0 spiro atoms. The Morgan fingerprint density at radius 1 is 1.24 bits per heavy atom. The maximum absolute atomic E-state index is 5.94. The molecule has 0 amide bonds. The number of halogens is 1. The highest BCUT2D eigenvalue weighted by molar-refractivity contribution is 6.17. The first-order chi connectivity index (χ1) is 8.04. The van der Waals surface area contributed by atoms with Gasteiger partial charge < -0.3 is 9.80 Å². The van der Waals surface area contributed by atoms with E-state index in [2.05, 4.69) is 42.0 Å². The zero-order chi connectivity index (χ0) is 12.8. The smallest absolute Gasteiger partial charge is 0.0509 e. The van der Waals surface area contributed by atoms with Gasteiger partial charge in [0.1, 0.15) is 0 Å². The molecular weight excluding hydrogens is 234 g/mol. The highest BCUT2D eigenvalue weighted by atomic mass is 35.5. The predicted octanol–water partition coefficient (Wildman–Crippen LogP) is 2.52. The van der Waals surface area contributed by atoms with Crippen LogP contribution in [0.15, 0.2) is 12.3 Å². The Hall–Kier alpha value is -0.800. The Morgan fingerprint density at radius 2 is 1.94 bits per heavy atom. The van der Waals surface area contributed by atoms with Gasteiger partial charge >= 0.3 is 0 Å². The van der Waals surface area contributed by atoms with Crippen LogP contribution in [0.3, 0.4) is 0 Å². The van der Waals surface area contributed by atoms with Crippen LogP contribution in [0.4, 0.5) is 5.69 Å². The van der Waals surface area contributed by atoms with Gasteiger partial charge in [0.25, 0.3) is 0 Å². The number of pyridine rings is 1. The van der Waals surface area contributed by atoms with E-state index in [0.29, 0.717) is 5.88 Å². The van der Waals surface area contributed by atoms with Crippen LogP contribution in [0.5, 0.6) is 0 Å². The first-order valence-electron chi connectivity index (χ1n) is 5.92. The molecule has 0 aliphatic rings. The molecule has 0 atom stereocenters. The number of aryl methyl sites for hydroxylation is 1. The number of nitrogens with zero attached hydrogens (tertiary/aromatic N) is 3. The first-order valence-corrected chi connectivity index (χ1v) is 6.45. The third-order valence-corrected chi connectivity index (χ3v) is 3.04. The fourth-order valence-electron chi connectivity index (χ4n) is 1.78. The van der Waals surface area contributed by atoms with Crippen molar-refractivity contribution in [2.45, 2.75) is 19.2 Å². The summed E-state index contributed by atoms with van der Waals surface area (Å²) in [4.78, 5) is 8.74. The molecule has 1 aromatic heterocycles. The zero-order valence-electron chi connectivity index (χ0n) is 11.2. The molecule has 96 valence electrons. The van der Waals surface area contributed by atoms with E-state index >= 15 is 0 Å². The lowest BCUT2D eigenvalue weighted by Crippen LogP contribution is -2.24. The largest absolute Gasteiger partial charge is 0.374 e. The number of aromatic nitrogens is 1. The van der Waals surface area contributed by atoms with E-state index in [0.717, 1.165) is 30.8 Å². The van der Waals surface area contributed by atoms with Gasteiger partial charge in [-0.05, 0) is 40.1 Å². The molecule has 3 nitrogen and oxygen atoms in total. The van der Waals surface area contributed by atoms with Crippen molar-refractivity contribution in [2.24, 2.45) is 0 Å². The third-order valence-electron chi connectivity index (χ3n) is 2.75. The summed E-state index contributed by atoms with van der Waals surface area (Å²) in [6.07, 6.45) is 3.02. The molecule has 17 heavy (non-hydrogen) atoms. The number of rotatable bonds is 6. The molecule has 0 N–H and O–H groups in total. The number of anilines is 1. The van der Waals surface area contributed by atoms with Crippen LogP contribution in [0.1, 0.15) is 17.7 Å². The van der Waals surface area contributed by atoms with E-state index in [9.17, 15) is 0 Å². The second-order valence-electron chi connectivity index (χ2n) is 4.67. The van der Waals surface area contributed by atoms with Gasteiger partial charge in [-0.1, -0.05) is 0 Å². The van der Waals surface area contributed by atoms with Crippen molar-refractivity contribution in [2.75, 3.05) is 39.1 Å². The molecule has 0 aliphatic carbocycles. The third kappa shape index (κ3) is 4.52. The van der Waals surface area contributed by atoms with E-state index in [1.54, 1.807) is 0 Å². The van der Waals surface area contributed by atoms with Crippen LogP contribution < -0.4 is 4.90 Å².